The Balaban J connectivity index is 2.60. The fraction of sp³-hybridized carbons (Fsp3) is 0.231. The van der Waals surface area contributed by atoms with E-state index in [0.717, 1.165) is 0 Å². The molecule has 19 heavy (non-hydrogen) atoms. The highest BCUT2D eigenvalue weighted by molar-refractivity contribution is 9.10. The summed E-state index contributed by atoms with van der Waals surface area (Å²) in [5.41, 5.74) is 0.161. The summed E-state index contributed by atoms with van der Waals surface area (Å²) in [6, 6.07) is 4.33. The highest BCUT2D eigenvalue weighted by atomic mass is 79.9. The minimum absolute atomic E-state index is 0.0354. The number of hydrogen-bond donors (Lipinski definition) is 0. The Morgan fingerprint density at radius 3 is 2.74 bits per heavy atom. The van der Waals surface area contributed by atoms with Crippen LogP contribution in [0, 0.1) is 5.82 Å². The topological polar surface area (TPSA) is 34.9 Å². The normalized spacial score (nSPS) is 11.1. The van der Waals surface area contributed by atoms with Gasteiger partial charge in [0.05, 0.1) is 16.8 Å². The number of carbonyl (C=O) groups is 1. The van der Waals surface area contributed by atoms with Crippen LogP contribution >= 0.6 is 27.5 Å². The molecule has 0 aliphatic carbocycles. The van der Waals surface area contributed by atoms with E-state index in [2.05, 4.69) is 21.0 Å². The van der Waals surface area contributed by atoms with Gasteiger partial charge in [-0.1, -0.05) is 17.7 Å². The molecule has 0 radical (unpaired) electrons. The summed E-state index contributed by atoms with van der Waals surface area (Å²) in [6.07, 6.45) is 1.39. The van der Waals surface area contributed by atoms with E-state index in [9.17, 15) is 9.18 Å². The number of aromatic nitrogens is 2. The standard InChI is InChI=1S/C13H11BrClFN2O/c1-7(2)18-12(9(15)6-17-18)13(19)11-8(14)4-3-5-10(11)16/h3-7H,1-2H3. The van der Waals surface area contributed by atoms with E-state index in [1.807, 2.05) is 13.8 Å². The SMILES string of the molecule is CC(C)n1ncc(Cl)c1C(=O)c1c(F)cccc1Br. The van der Waals surface area contributed by atoms with E-state index in [-0.39, 0.29) is 22.3 Å². The lowest BCUT2D eigenvalue weighted by Crippen LogP contribution is -2.15. The van der Waals surface area contributed by atoms with E-state index in [4.69, 9.17) is 11.6 Å². The molecule has 3 nitrogen and oxygen atoms in total. The zero-order valence-corrected chi connectivity index (χ0v) is 12.7. The molecule has 0 atom stereocenters. The van der Waals surface area contributed by atoms with Crippen molar-refractivity contribution in [3.8, 4) is 0 Å². The smallest absolute Gasteiger partial charge is 0.216 e. The number of rotatable bonds is 3. The summed E-state index contributed by atoms with van der Waals surface area (Å²) in [7, 11) is 0. The molecule has 2 aromatic rings. The van der Waals surface area contributed by atoms with Crippen LogP contribution in [0.4, 0.5) is 4.39 Å². The van der Waals surface area contributed by atoms with Crippen LogP contribution in [0.2, 0.25) is 5.02 Å². The van der Waals surface area contributed by atoms with Crippen molar-refractivity contribution in [2.24, 2.45) is 0 Å². The molecule has 1 heterocycles. The third kappa shape index (κ3) is 2.58. The quantitative estimate of drug-likeness (QED) is 0.780. The van der Waals surface area contributed by atoms with Gasteiger partial charge in [-0.15, -0.1) is 0 Å². The second-order valence-electron chi connectivity index (χ2n) is 4.31. The minimum atomic E-state index is -0.591. The predicted octanol–water partition coefficient (Wildman–Crippen LogP) is 4.25. The highest BCUT2D eigenvalue weighted by Gasteiger charge is 2.24. The average Bonchev–Trinajstić information content (AvgIpc) is 2.70. The summed E-state index contributed by atoms with van der Waals surface area (Å²) in [5, 5.41) is 4.26. The van der Waals surface area contributed by atoms with Crippen molar-refractivity contribution >= 4 is 33.3 Å². The maximum Gasteiger partial charge on any atom is 0.216 e. The van der Waals surface area contributed by atoms with E-state index in [1.54, 1.807) is 6.07 Å². The van der Waals surface area contributed by atoms with E-state index in [1.165, 1.54) is 23.0 Å². The third-order valence-corrected chi connectivity index (χ3v) is 3.58. The van der Waals surface area contributed by atoms with Crippen molar-refractivity contribution in [3.63, 3.8) is 0 Å². The Kier molecular flexibility index (Phi) is 4.06. The summed E-state index contributed by atoms with van der Waals surface area (Å²) in [4.78, 5) is 12.5. The van der Waals surface area contributed by atoms with Gasteiger partial charge in [0.1, 0.15) is 11.5 Å². The first kappa shape index (κ1) is 14.2. The van der Waals surface area contributed by atoms with Gasteiger partial charge in [0, 0.05) is 10.5 Å². The Labute approximate surface area is 123 Å². The molecule has 0 fully saturated rings. The molecule has 1 aromatic heterocycles. The summed E-state index contributed by atoms with van der Waals surface area (Å²) in [6.45, 7) is 3.74. The predicted molar refractivity (Wildman–Crippen MR) is 75.2 cm³/mol. The first-order chi connectivity index (χ1) is 8.93. The zero-order chi connectivity index (χ0) is 14.2. The van der Waals surface area contributed by atoms with Crippen molar-refractivity contribution in [2.75, 3.05) is 0 Å². The van der Waals surface area contributed by atoms with Crippen LogP contribution in [-0.2, 0) is 0 Å². The third-order valence-electron chi connectivity index (χ3n) is 2.64. The Morgan fingerprint density at radius 1 is 1.47 bits per heavy atom. The number of hydrogen-bond acceptors (Lipinski definition) is 2. The maximum atomic E-state index is 13.8. The molecule has 0 N–H and O–H groups in total. The highest BCUT2D eigenvalue weighted by Crippen LogP contribution is 2.27. The van der Waals surface area contributed by atoms with Crippen molar-refractivity contribution in [3.05, 3.63) is 51.0 Å². The molecule has 0 amide bonds. The molecule has 0 aliphatic rings. The van der Waals surface area contributed by atoms with Crippen molar-refractivity contribution in [1.82, 2.24) is 9.78 Å². The van der Waals surface area contributed by atoms with Crippen LogP contribution < -0.4 is 0 Å². The van der Waals surface area contributed by atoms with Crippen LogP contribution in [0.5, 0.6) is 0 Å². The molecule has 0 bridgehead atoms. The maximum absolute atomic E-state index is 13.8. The van der Waals surface area contributed by atoms with Gasteiger partial charge in [-0.3, -0.25) is 9.48 Å². The number of carbonyl (C=O) groups excluding carboxylic acids is 1. The molecule has 0 unspecified atom stereocenters. The Morgan fingerprint density at radius 2 is 2.16 bits per heavy atom. The molecule has 1 aromatic carbocycles. The number of ketones is 1. The molecular weight excluding hydrogens is 335 g/mol. The van der Waals surface area contributed by atoms with Crippen LogP contribution in [0.15, 0.2) is 28.9 Å². The van der Waals surface area contributed by atoms with Crippen LogP contribution in [0.1, 0.15) is 35.9 Å². The van der Waals surface area contributed by atoms with Gasteiger partial charge in [0.2, 0.25) is 5.78 Å². The average molecular weight is 346 g/mol. The second-order valence-corrected chi connectivity index (χ2v) is 5.57. The van der Waals surface area contributed by atoms with E-state index in [0.29, 0.717) is 4.47 Å². The first-order valence-corrected chi connectivity index (χ1v) is 6.82. The van der Waals surface area contributed by atoms with Gasteiger partial charge in [-0.2, -0.15) is 5.10 Å². The van der Waals surface area contributed by atoms with Gasteiger partial charge in [0.25, 0.3) is 0 Å². The monoisotopic (exact) mass is 344 g/mol. The molecule has 2 rings (SSSR count). The number of nitrogens with zero attached hydrogens (tertiary/aromatic N) is 2. The lowest BCUT2D eigenvalue weighted by molar-refractivity contribution is 0.102. The van der Waals surface area contributed by atoms with Crippen LogP contribution in [0.3, 0.4) is 0 Å². The van der Waals surface area contributed by atoms with Crippen molar-refractivity contribution < 1.29 is 9.18 Å². The first-order valence-electron chi connectivity index (χ1n) is 5.65. The van der Waals surface area contributed by atoms with Crippen LogP contribution in [0.25, 0.3) is 0 Å². The molecule has 0 saturated heterocycles. The van der Waals surface area contributed by atoms with Crippen molar-refractivity contribution in [1.29, 1.82) is 0 Å². The summed E-state index contributed by atoms with van der Waals surface area (Å²) < 4.78 is 15.7. The van der Waals surface area contributed by atoms with Crippen LogP contribution in [-0.4, -0.2) is 15.6 Å². The van der Waals surface area contributed by atoms with E-state index >= 15 is 0 Å². The Bertz CT molecular complexity index is 619. The largest absolute Gasteiger partial charge is 0.287 e. The fourth-order valence-corrected chi connectivity index (χ4v) is 2.52. The van der Waals surface area contributed by atoms with Crippen molar-refractivity contribution in [2.45, 2.75) is 19.9 Å². The number of benzene rings is 1. The Hall–Kier alpha value is -1.20. The lowest BCUT2D eigenvalue weighted by atomic mass is 10.1. The molecule has 0 aliphatic heterocycles. The molecule has 0 saturated carbocycles. The van der Waals surface area contributed by atoms with Gasteiger partial charge in [-0.05, 0) is 41.9 Å². The lowest BCUT2D eigenvalue weighted by Gasteiger charge is -2.11. The fourth-order valence-electron chi connectivity index (χ4n) is 1.78. The van der Waals surface area contributed by atoms with Gasteiger partial charge < -0.3 is 0 Å². The van der Waals surface area contributed by atoms with Gasteiger partial charge in [0.15, 0.2) is 0 Å². The van der Waals surface area contributed by atoms with E-state index < -0.39 is 11.6 Å². The second kappa shape index (κ2) is 5.43. The minimum Gasteiger partial charge on any atom is -0.287 e. The molecule has 0 spiro atoms. The molecular formula is C13H11BrClFN2O. The number of halogens is 3. The molecule has 100 valence electrons. The zero-order valence-electron chi connectivity index (χ0n) is 10.3. The summed E-state index contributed by atoms with van der Waals surface area (Å²) in [5.74, 6) is -1.08. The van der Waals surface area contributed by atoms with Gasteiger partial charge in [-0.25, -0.2) is 4.39 Å². The van der Waals surface area contributed by atoms with Gasteiger partial charge >= 0.3 is 0 Å². The molecule has 6 heteroatoms. The summed E-state index contributed by atoms with van der Waals surface area (Å²) >= 11 is 9.18.